The minimum absolute atomic E-state index is 0.0209. The first-order chi connectivity index (χ1) is 64.2. The molecule has 6 unspecified atom stereocenters. The number of Topliss-reactive ketones (excluding diaryl/α,β-unsaturated/α-hetero) is 1. The number of nitrogens with two attached hydrogens (primary N) is 1. The number of aromatic amines is 1. The van der Waals surface area contributed by atoms with Crippen molar-refractivity contribution in [2.45, 2.75) is 132 Å². The van der Waals surface area contributed by atoms with Gasteiger partial charge in [-0.1, -0.05) is 28.7 Å². The van der Waals surface area contributed by atoms with E-state index in [1.807, 2.05) is 0 Å². The molecule has 0 bridgehead atoms. The van der Waals surface area contributed by atoms with E-state index in [1.165, 1.54) is 19.8 Å². The Morgan fingerprint density at radius 1 is 0.618 bits per heavy atom. The molecule has 136 heavy (non-hydrogen) atoms. The number of aryl methyl sites for hydroxylation is 1. The van der Waals surface area contributed by atoms with Gasteiger partial charge in [0.15, 0.2) is 0 Å². The molecular formula is C82H93F15IN13O24S. The van der Waals surface area contributed by atoms with Crippen molar-refractivity contribution in [3.05, 3.63) is 216 Å². The lowest BCUT2D eigenvalue weighted by atomic mass is 10.2. The molecule has 14 rings (SSSR count). The number of fused-ring (bicyclic) bond motifs is 1. The lowest BCUT2D eigenvalue weighted by Gasteiger charge is -2.24. The molecule has 37 nitrogen and oxygen atoms in total. The van der Waals surface area contributed by atoms with Gasteiger partial charge in [-0.05, 0) is 74.8 Å². The number of thioether (sulfide) groups is 1. The zero-order valence-electron chi connectivity index (χ0n) is 72.4. The highest BCUT2D eigenvalue weighted by Gasteiger charge is 2.39. The number of hydrogen-bond acceptors (Lipinski definition) is 30. The SMILES string of the molecule is C=CCOCCO.CC(=O)Cc1cc(Oc2ccc3nc(Nc4cc(C(F)(F)F)cn(CC5COCCO5)c4=O)n(C)c3c2)ccn1.CC1CCCO1.ICC1COCCO1.N#CSc1cc(C(F)(F)F)cn(CC2COCCO2)c1=O.Nc1cc(C(F)(F)F)cn(CC2COCCO2)c1=O.O=c1[nH]cc(C(F)(F)F)cc1[N+](=O)[O-].O=c1c([N+](=O)[O-])cc(C(F)(F)F)cn1CC1COCCO1. The van der Waals surface area contributed by atoms with E-state index in [9.17, 15) is 115 Å². The molecule has 0 amide bonds. The number of aliphatic hydroxyl groups is 1. The van der Waals surface area contributed by atoms with Crippen LogP contribution in [-0.2, 0) is 132 Å². The van der Waals surface area contributed by atoms with Crippen LogP contribution in [0.25, 0.3) is 11.0 Å². The van der Waals surface area contributed by atoms with E-state index in [0.717, 1.165) is 69.2 Å². The second kappa shape index (κ2) is 53.8. The number of anilines is 3. The highest BCUT2D eigenvalue weighted by molar-refractivity contribution is 14.1. The average Bonchev–Trinajstić information content (AvgIpc) is 1.63. The fourth-order valence-electron chi connectivity index (χ4n) is 12.3. The fourth-order valence-corrected chi connectivity index (χ4v) is 13.3. The minimum atomic E-state index is -4.79. The number of H-pyrrole nitrogens is 1. The molecule has 7 aromatic heterocycles. The van der Waals surface area contributed by atoms with Crippen molar-refractivity contribution in [2.75, 3.05) is 141 Å². The summed E-state index contributed by atoms with van der Waals surface area (Å²) in [5, 5.41) is 42.0. The molecule has 6 fully saturated rings. The van der Waals surface area contributed by atoms with Gasteiger partial charge < -0.3 is 106 Å². The number of nitriles is 1. The first-order valence-corrected chi connectivity index (χ1v) is 43.0. The fraction of sp³-hybridized carbons (Fsp3) is 0.500. The van der Waals surface area contributed by atoms with Crippen molar-refractivity contribution in [1.29, 1.82) is 5.26 Å². The summed E-state index contributed by atoms with van der Waals surface area (Å²) in [7, 11) is 1.66. The van der Waals surface area contributed by atoms with Gasteiger partial charge in [-0.3, -0.25) is 54.0 Å². The quantitative estimate of drug-likeness (QED) is 0.00563. The number of imidazole rings is 1. The predicted molar refractivity (Wildman–Crippen MR) is 461 cm³/mol. The molecule has 8 aromatic rings. The van der Waals surface area contributed by atoms with Gasteiger partial charge in [0, 0.05) is 85.9 Å². The van der Waals surface area contributed by atoms with Crippen LogP contribution in [0.15, 0.2) is 139 Å². The summed E-state index contributed by atoms with van der Waals surface area (Å²) in [6.07, 6.45) is -15.4. The second-order valence-electron chi connectivity index (χ2n) is 29.3. The normalized spacial score (nSPS) is 18.4. The summed E-state index contributed by atoms with van der Waals surface area (Å²) in [4.78, 5) is 99.3. The summed E-state index contributed by atoms with van der Waals surface area (Å²) < 4.78 is 266. The largest absolute Gasteiger partial charge is 0.457 e. The van der Waals surface area contributed by atoms with Crippen LogP contribution in [0.4, 0.5) is 94.6 Å². The number of ketones is 1. The zero-order chi connectivity index (χ0) is 100. The second-order valence-corrected chi connectivity index (χ2v) is 31.0. The Morgan fingerprint density at radius 2 is 1.07 bits per heavy atom. The van der Waals surface area contributed by atoms with Crippen LogP contribution >= 0.6 is 34.4 Å². The average molecular weight is 2090 g/mol. The molecule has 1 aromatic carbocycles. The number of alkyl halides is 16. The van der Waals surface area contributed by atoms with Gasteiger partial charge in [0.25, 0.3) is 16.7 Å². The molecule has 0 aliphatic carbocycles. The van der Waals surface area contributed by atoms with E-state index in [2.05, 4.69) is 51.4 Å². The number of halogens is 16. The summed E-state index contributed by atoms with van der Waals surface area (Å²) in [6, 6.07) is 10.9. The maximum absolute atomic E-state index is 13.7. The van der Waals surface area contributed by atoms with E-state index in [-0.39, 0.29) is 107 Å². The molecule has 13 heterocycles. The summed E-state index contributed by atoms with van der Waals surface area (Å²) in [5.41, 5.74) is -5.61. The number of rotatable bonds is 22. The standard InChI is InChI=1S/C27H26F3N5O5.C12H11F3N2O3S.C11H11F3N2O5.C11H13F3N2O3.C6H3F3N2O3.C5H9IO2.C5H10O2.C5H10O/c1-16(36)9-18-11-20(5-6-31-18)40-19-3-4-22-24(12-19)34(2)26(32-22)33-23-10-17(27(28,29)30)13-35(25(23)37)14-21-15-38-7-8-39-21;13-12(14,15)8-3-10(21-7-16)11(18)17(4-8)5-9-6-19-1-2-20-9;12-11(13,14)7-3-9(16(18)19)10(17)15(4-7)5-8-6-20-1-2-21-8;12-11(13,14)7-3-9(15)10(17)16(4-7)5-8-6-18-1-2-19-8;7-6(8,9)3-1-4(11(13)14)5(12)10-2-3;6-3-5-4-7-1-2-8-5;1-2-4-7-5-3-6;1-5-3-2-4-6-5/h3-6,10-13,21H,7-9,14-15H2,1-2H3,(H,32,33);3-4,9H,1-2,5-6H2;3-4,8H,1-2,5-6H2;3-4,8H,1-2,5-6,15H2;1-2H,(H,10,12);5H,1-4H2;2,6H,1,3-5H2;5H,2-4H2,1H3. The van der Waals surface area contributed by atoms with Crippen molar-refractivity contribution < 1.29 is 147 Å². The van der Waals surface area contributed by atoms with Gasteiger partial charge in [-0.25, -0.2) is 4.98 Å². The molecule has 5 N–H and O–H groups in total. The maximum atomic E-state index is 13.7. The number of ether oxygens (including phenoxy) is 13. The number of nitrogens with zero attached hydrogens (tertiary/aromatic N) is 10. The number of benzene rings is 1. The van der Waals surface area contributed by atoms with E-state index < -0.39 is 138 Å². The van der Waals surface area contributed by atoms with Crippen molar-refractivity contribution in [1.82, 2.24) is 37.8 Å². The van der Waals surface area contributed by atoms with Crippen LogP contribution in [0.3, 0.4) is 0 Å². The topological polar surface area (TPSA) is 457 Å². The summed E-state index contributed by atoms with van der Waals surface area (Å²) >= 11 is 2.71. The Hall–Kier alpha value is -10.8. The molecule has 54 heteroatoms. The Kier molecular flexibility index (Phi) is 44.4. The van der Waals surface area contributed by atoms with Gasteiger partial charge >= 0.3 is 53.4 Å². The van der Waals surface area contributed by atoms with E-state index in [4.69, 9.17) is 77.7 Å². The van der Waals surface area contributed by atoms with Gasteiger partial charge in [-0.2, -0.15) is 71.1 Å². The van der Waals surface area contributed by atoms with Crippen molar-refractivity contribution >= 4 is 79.9 Å². The molecular weight excluding hydrogens is 1990 g/mol. The number of nitrogen functional groups attached to an aromatic ring is 1. The first-order valence-electron chi connectivity index (χ1n) is 40.7. The lowest BCUT2D eigenvalue weighted by molar-refractivity contribution is -0.386. The molecule has 0 saturated carbocycles. The molecule has 6 saturated heterocycles. The van der Waals surface area contributed by atoms with Crippen LogP contribution in [0.5, 0.6) is 11.5 Å². The molecule has 6 aliphatic heterocycles. The minimum Gasteiger partial charge on any atom is -0.457 e. The van der Waals surface area contributed by atoms with Gasteiger partial charge in [0.2, 0.25) is 5.95 Å². The third kappa shape index (κ3) is 36.9. The number of carbonyl (C=O) groups is 1. The number of thiocyanates is 1. The third-order valence-electron chi connectivity index (χ3n) is 18.8. The van der Waals surface area contributed by atoms with E-state index >= 15 is 0 Å². The highest BCUT2D eigenvalue weighted by Crippen LogP contribution is 2.36. The number of aliphatic hydroxyl groups excluding tert-OH is 1. The molecule has 748 valence electrons. The van der Waals surface area contributed by atoms with Crippen molar-refractivity contribution in [3.63, 3.8) is 0 Å². The number of hydrogen-bond donors (Lipinski definition) is 4. The number of pyridine rings is 6. The zero-order valence-corrected chi connectivity index (χ0v) is 75.4. The van der Waals surface area contributed by atoms with Crippen LogP contribution in [0.1, 0.15) is 60.2 Å². The summed E-state index contributed by atoms with van der Waals surface area (Å²) in [6.45, 7) is 14.5. The number of aromatic nitrogens is 8. The van der Waals surface area contributed by atoms with E-state index in [1.54, 1.807) is 64.6 Å². The molecule has 6 aliphatic rings. The van der Waals surface area contributed by atoms with Gasteiger partial charge in [0.1, 0.15) is 28.4 Å². The Bertz CT molecular complexity index is 5580. The van der Waals surface area contributed by atoms with E-state index in [0.29, 0.717) is 141 Å². The van der Waals surface area contributed by atoms with Gasteiger partial charge in [-0.15, -0.1) is 6.58 Å². The van der Waals surface area contributed by atoms with Crippen LogP contribution in [-0.4, -0.2) is 225 Å². The van der Waals surface area contributed by atoms with Crippen LogP contribution < -0.4 is 43.6 Å². The first kappa shape index (κ1) is 112. The van der Waals surface area contributed by atoms with Crippen molar-refractivity contribution in [3.8, 4) is 16.9 Å². The number of nitrogens with one attached hydrogen (secondary N) is 2. The van der Waals surface area contributed by atoms with Crippen molar-refractivity contribution in [2.24, 2.45) is 7.05 Å². The Balaban J connectivity index is 0.000000228. The Labute approximate surface area is 779 Å². The third-order valence-corrected chi connectivity index (χ3v) is 20.4. The Morgan fingerprint density at radius 3 is 1.48 bits per heavy atom. The highest BCUT2D eigenvalue weighted by atomic mass is 127. The smallest absolute Gasteiger partial charge is 0.418 e. The lowest BCUT2D eigenvalue weighted by Crippen LogP contribution is -2.36. The monoisotopic (exact) mass is 2090 g/mol. The predicted octanol–water partition coefficient (Wildman–Crippen LogP) is 11.6. The molecule has 0 spiro atoms. The van der Waals surface area contributed by atoms with Crippen LogP contribution in [0.2, 0.25) is 0 Å². The number of carbonyl (C=O) groups excluding carboxylic acids is 1. The van der Waals surface area contributed by atoms with Gasteiger partial charge in [0.05, 0.1) is 247 Å². The van der Waals surface area contributed by atoms with Crippen LogP contribution in [0, 0.1) is 30.9 Å². The maximum Gasteiger partial charge on any atom is 0.418 e. The number of nitro groups is 2. The molecule has 6 atom stereocenters. The molecule has 0 radical (unpaired) electrons. The summed E-state index contributed by atoms with van der Waals surface area (Å²) in [5.74, 6) is 1.10.